The maximum Gasteiger partial charge on any atom is 0.460 e. The highest BCUT2D eigenvalue weighted by atomic mass is 32.2. The summed E-state index contributed by atoms with van der Waals surface area (Å²) in [5.41, 5.74) is -1.62. The predicted molar refractivity (Wildman–Crippen MR) is 99.4 cm³/mol. The maximum atomic E-state index is 13.9. The van der Waals surface area contributed by atoms with Gasteiger partial charge in [-0.3, -0.25) is 4.79 Å². The molecule has 6 nitrogen and oxygen atoms in total. The number of benzene rings is 2. The van der Waals surface area contributed by atoms with Gasteiger partial charge in [-0.15, -0.1) is 0 Å². The summed E-state index contributed by atoms with van der Waals surface area (Å²) >= 11 is 0. The predicted octanol–water partition coefficient (Wildman–Crippen LogP) is 6.41. The zero-order valence-electron chi connectivity index (χ0n) is 16.3. The molecule has 34 heavy (non-hydrogen) atoms. The molecule has 0 aliphatic rings. The van der Waals surface area contributed by atoms with Crippen LogP contribution in [0.5, 0.6) is 0 Å². The molecule has 0 unspecified atom stereocenters. The molecule has 0 N–H and O–H groups in total. The quantitative estimate of drug-likeness (QED) is 0.217. The monoisotopic (exact) mass is 520 g/mol. The van der Waals surface area contributed by atoms with E-state index in [-0.39, 0.29) is 5.56 Å². The van der Waals surface area contributed by atoms with Crippen LogP contribution in [0.4, 0.5) is 50.9 Å². The normalized spacial score (nSPS) is 13.8. The second-order valence-electron chi connectivity index (χ2n) is 6.41. The van der Waals surface area contributed by atoms with E-state index in [0.29, 0.717) is 6.07 Å². The van der Waals surface area contributed by atoms with E-state index in [9.17, 15) is 52.7 Å². The van der Waals surface area contributed by atoms with Crippen molar-refractivity contribution in [3.63, 3.8) is 0 Å². The Bertz CT molecular complexity index is 1170. The van der Waals surface area contributed by atoms with Gasteiger partial charge in [0, 0.05) is 5.56 Å². The lowest BCUT2D eigenvalue weighted by molar-refractivity contribution is -0.382. The highest BCUT2D eigenvalue weighted by molar-refractivity contribution is 7.95. The molecule has 0 radical (unpaired) electrons. The van der Waals surface area contributed by atoms with Crippen molar-refractivity contribution < 1.29 is 52.7 Å². The molecule has 16 heteroatoms. The molecule has 0 fully saturated rings. The number of nitrogens with zero attached hydrogens (tertiary/aromatic N) is 3. The van der Waals surface area contributed by atoms with Crippen LogP contribution < -0.4 is 0 Å². The Balaban J connectivity index is 2.32. The summed E-state index contributed by atoms with van der Waals surface area (Å²) in [5.74, 6) is -15.4. The Labute approximate surface area is 185 Å². The summed E-state index contributed by atoms with van der Waals surface area (Å²) in [6.07, 6.45) is -7.20. The van der Waals surface area contributed by atoms with E-state index in [0.717, 1.165) is 18.2 Å². The molecule has 186 valence electrons. The van der Waals surface area contributed by atoms with E-state index in [1.165, 1.54) is 24.3 Å². The fraction of sp³-hybridized carbons (Fsp3) is 0.278. The number of sulfonamides is 1. The van der Waals surface area contributed by atoms with Gasteiger partial charge in [-0.05, 0) is 6.07 Å². The van der Waals surface area contributed by atoms with Gasteiger partial charge in [-0.1, -0.05) is 54.2 Å². The molecule has 0 amide bonds. The zero-order chi connectivity index (χ0) is 26.0. The molecular formula is C18H11F9N3O3S-. The van der Waals surface area contributed by atoms with Crippen molar-refractivity contribution in [3.8, 4) is 0 Å². The van der Waals surface area contributed by atoms with Crippen LogP contribution in [0.25, 0.3) is 4.72 Å². The third kappa shape index (κ3) is 5.00. The average Bonchev–Trinajstić information content (AvgIpc) is 2.74. The summed E-state index contributed by atoms with van der Waals surface area (Å²) in [7, 11) is -7.03. The lowest BCUT2D eigenvalue weighted by Crippen LogP contribution is -2.62. The van der Waals surface area contributed by atoms with Gasteiger partial charge >= 0.3 is 23.3 Å². The molecule has 2 aromatic rings. The zero-order valence-corrected chi connectivity index (χ0v) is 17.1. The van der Waals surface area contributed by atoms with Crippen LogP contribution in [-0.2, 0) is 10.0 Å². The second kappa shape index (κ2) is 9.23. The van der Waals surface area contributed by atoms with Crippen molar-refractivity contribution in [1.82, 2.24) is 0 Å². The number of alkyl halides is 9. The summed E-state index contributed by atoms with van der Waals surface area (Å²) in [4.78, 5) is 11.9. The molecule has 0 heterocycles. The summed E-state index contributed by atoms with van der Waals surface area (Å²) in [5, 5.41) is -0.199. The van der Waals surface area contributed by atoms with E-state index in [1.807, 2.05) is 0 Å². The standard InChI is InChI=1S/C18H11F9N3O3S/c19-15(20,17(23,24)25)16(21,22)18(26,27)34(32,33)30-13-9-5-4-8-12(13)29-28-10-14(31)11-6-2-1-3-7-11/h1-9H,10H2/q-1. The Morgan fingerprint density at radius 2 is 1.32 bits per heavy atom. The summed E-state index contributed by atoms with van der Waals surface area (Å²) < 4.78 is 143. The number of carbonyl (C=O) groups excluding carboxylic acids is 1. The number of halogens is 9. The molecule has 0 aliphatic carbocycles. The lowest BCUT2D eigenvalue weighted by atomic mass is 10.1. The van der Waals surface area contributed by atoms with Crippen LogP contribution in [0.2, 0.25) is 0 Å². The lowest BCUT2D eigenvalue weighted by Gasteiger charge is -2.37. The SMILES string of the molecule is O=C(CN=Nc1ccccc1[N-]S(=O)(=O)C(F)(F)C(F)(F)C(F)(F)C(F)(F)F)c1ccccc1. The van der Waals surface area contributed by atoms with E-state index in [1.54, 1.807) is 6.07 Å². The molecule has 0 bridgehead atoms. The number of azo groups is 1. The first-order valence-electron chi connectivity index (χ1n) is 8.68. The van der Waals surface area contributed by atoms with Crippen molar-refractivity contribution in [2.45, 2.75) is 23.3 Å². The van der Waals surface area contributed by atoms with Gasteiger partial charge in [0.15, 0.2) is 15.8 Å². The first-order valence-corrected chi connectivity index (χ1v) is 10.1. The Hall–Kier alpha value is -3.17. The molecule has 0 aromatic heterocycles. The van der Waals surface area contributed by atoms with Gasteiger partial charge in [-0.2, -0.15) is 49.7 Å². The minimum absolute atomic E-state index is 0.203. The maximum absolute atomic E-state index is 13.9. The molecular weight excluding hydrogens is 509 g/mol. The summed E-state index contributed by atoms with van der Waals surface area (Å²) in [6.45, 7) is -0.628. The van der Waals surface area contributed by atoms with Gasteiger partial charge in [0.05, 0.1) is 5.69 Å². The van der Waals surface area contributed by atoms with Gasteiger partial charge in [-0.25, -0.2) is 8.42 Å². The molecule has 0 saturated carbocycles. The fourth-order valence-electron chi connectivity index (χ4n) is 2.23. The van der Waals surface area contributed by atoms with Gasteiger partial charge in [0.2, 0.25) is 0 Å². The molecule has 2 aromatic carbocycles. The number of hydrogen-bond acceptors (Lipinski definition) is 5. The molecule has 0 atom stereocenters. The van der Waals surface area contributed by atoms with Crippen LogP contribution in [0.3, 0.4) is 0 Å². The largest absolute Gasteiger partial charge is 0.570 e. The Kier molecular flexibility index (Phi) is 7.35. The molecule has 2 rings (SSSR count). The Morgan fingerprint density at radius 1 is 0.794 bits per heavy atom. The molecule has 0 saturated heterocycles. The highest BCUT2D eigenvalue weighted by Gasteiger charge is 2.84. The van der Waals surface area contributed by atoms with Crippen molar-refractivity contribution in [2.75, 3.05) is 6.54 Å². The van der Waals surface area contributed by atoms with Crippen LogP contribution in [0, 0.1) is 0 Å². The Morgan fingerprint density at radius 3 is 1.88 bits per heavy atom. The van der Waals surface area contributed by atoms with E-state index in [2.05, 4.69) is 15.0 Å². The fourth-order valence-corrected chi connectivity index (χ4v) is 3.21. The van der Waals surface area contributed by atoms with Crippen molar-refractivity contribution in [3.05, 3.63) is 64.9 Å². The van der Waals surface area contributed by atoms with E-state index < -0.39 is 57.0 Å². The van der Waals surface area contributed by atoms with E-state index >= 15 is 0 Å². The average molecular weight is 520 g/mol. The highest BCUT2D eigenvalue weighted by Crippen LogP contribution is 2.56. The van der Waals surface area contributed by atoms with Gasteiger partial charge in [0.25, 0.3) is 0 Å². The first kappa shape index (κ1) is 27.1. The van der Waals surface area contributed by atoms with Crippen molar-refractivity contribution >= 4 is 27.2 Å². The van der Waals surface area contributed by atoms with Gasteiger partial charge in [0.1, 0.15) is 6.54 Å². The molecule has 0 aliphatic heterocycles. The smallest absolute Gasteiger partial charge is 0.460 e. The van der Waals surface area contributed by atoms with Gasteiger partial charge < -0.3 is 4.72 Å². The minimum atomic E-state index is -7.42. The number of Topliss-reactive ketones (excluding diaryl/α,β-unsaturated/α-hetero) is 1. The number of rotatable bonds is 9. The topological polar surface area (TPSA) is 90.0 Å². The third-order valence-corrected chi connectivity index (χ3v) is 5.37. The van der Waals surface area contributed by atoms with E-state index in [4.69, 9.17) is 0 Å². The van der Waals surface area contributed by atoms with Crippen LogP contribution in [-0.4, -0.2) is 44.0 Å². The number of hydrogen-bond donors (Lipinski definition) is 0. The van der Waals surface area contributed by atoms with Crippen LogP contribution in [0.1, 0.15) is 10.4 Å². The van der Waals surface area contributed by atoms with Crippen molar-refractivity contribution in [1.29, 1.82) is 0 Å². The molecule has 0 spiro atoms. The first-order chi connectivity index (χ1) is 15.5. The second-order valence-corrected chi connectivity index (χ2v) is 8.05. The number of ketones is 1. The third-order valence-electron chi connectivity index (χ3n) is 4.03. The number of carbonyl (C=O) groups is 1. The van der Waals surface area contributed by atoms with Crippen LogP contribution >= 0.6 is 0 Å². The minimum Gasteiger partial charge on any atom is -0.570 e. The van der Waals surface area contributed by atoms with Crippen LogP contribution in [0.15, 0.2) is 64.8 Å². The van der Waals surface area contributed by atoms with Crippen molar-refractivity contribution in [2.24, 2.45) is 10.2 Å². The summed E-state index contributed by atoms with van der Waals surface area (Å²) in [6, 6.07) is 11.1.